The molecule has 1 aliphatic heterocycles. The standard InChI is InChI=1S/C24H24ClNO6/c1-29-20-10-9-15(11-21(20)30-2)12-26-13-17(23(27)31-3)22(18(14-26)24(28)32-4)16-7-5-6-8-19(16)25/h5-11,13-14,22H,12H2,1-4H3. The van der Waals surface area contributed by atoms with Gasteiger partial charge in [0.25, 0.3) is 0 Å². The molecule has 1 aliphatic rings. The third kappa shape index (κ3) is 4.73. The molecule has 0 aromatic heterocycles. The van der Waals surface area contributed by atoms with Crippen molar-refractivity contribution in [2.45, 2.75) is 12.5 Å². The van der Waals surface area contributed by atoms with Gasteiger partial charge in [0.1, 0.15) is 0 Å². The zero-order valence-electron chi connectivity index (χ0n) is 18.3. The lowest BCUT2D eigenvalue weighted by Crippen LogP contribution is -2.28. The topological polar surface area (TPSA) is 74.3 Å². The zero-order chi connectivity index (χ0) is 23.3. The quantitative estimate of drug-likeness (QED) is 0.580. The van der Waals surface area contributed by atoms with Gasteiger partial charge in [0.15, 0.2) is 11.5 Å². The summed E-state index contributed by atoms with van der Waals surface area (Å²) < 4.78 is 20.7. The van der Waals surface area contributed by atoms with Crippen LogP contribution in [-0.2, 0) is 25.6 Å². The average molecular weight is 458 g/mol. The average Bonchev–Trinajstić information content (AvgIpc) is 2.82. The monoisotopic (exact) mass is 457 g/mol. The minimum Gasteiger partial charge on any atom is -0.493 e. The summed E-state index contributed by atoms with van der Waals surface area (Å²) in [6, 6.07) is 12.5. The molecule has 32 heavy (non-hydrogen) atoms. The van der Waals surface area contributed by atoms with Crippen molar-refractivity contribution in [2.75, 3.05) is 28.4 Å². The van der Waals surface area contributed by atoms with Crippen LogP contribution in [0.4, 0.5) is 0 Å². The number of ether oxygens (including phenoxy) is 4. The van der Waals surface area contributed by atoms with E-state index >= 15 is 0 Å². The van der Waals surface area contributed by atoms with Crippen LogP contribution in [0.1, 0.15) is 17.0 Å². The van der Waals surface area contributed by atoms with Gasteiger partial charge in [-0.15, -0.1) is 0 Å². The minimum atomic E-state index is -0.731. The first-order valence-electron chi connectivity index (χ1n) is 9.74. The molecule has 8 heteroatoms. The number of nitrogens with zero attached hydrogens (tertiary/aromatic N) is 1. The predicted molar refractivity (Wildman–Crippen MR) is 119 cm³/mol. The fraction of sp³-hybridized carbons (Fsp3) is 0.250. The van der Waals surface area contributed by atoms with Crippen LogP contribution in [0.5, 0.6) is 11.5 Å². The highest BCUT2D eigenvalue weighted by Gasteiger charge is 2.36. The maximum atomic E-state index is 12.7. The molecule has 0 saturated carbocycles. The Morgan fingerprint density at radius 2 is 1.47 bits per heavy atom. The third-order valence-corrected chi connectivity index (χ3v) is 5.45. The summed E-state index contributed by atoms with van der Waals surface area (Å²) in [6.07, 6.45) is 3.31. The van der Waals surface area contributed by atoms with Gasteiger partial charge in [0.2, 0.25) is 0 Å². The summed E-state index contributed by atoms with van der Waals surface area (Å²) in [5.41, 5.74) is 2.01. The van der Waals surface area contributed by atoms with Crippen LogP contribution in [0.25, 0.3) is 0 Å². The Morgan fingerprint density at radius 1 is 0.875 bits per heavy atom. The Morgan fingerprint density at radius 3 is 2.00 bits per heavy atom. The van der Waals surface area contributed by atoms with Crippen molar-refractivity contribution < 1.29 is 28.5 Å². The number of rotatable bonds is 7. The number of hydrogen-bond donors (Lipinski definition) is 0. The lowest BCUT2D eigenvalue weighted by atomic mass is 9.83. The van der Waals surface area contributed by atoms with E-state index in [2.05, 4.69) is 0 Å². The smallest absolute Gasteiger partial charge is 0.336 e. The van der Waals surface area contributed by atoms with Gasteiger partial charge in [-0.05, 0) is 29.3 Å². The first-order chi connectivity index (χ1) is 15.4. The molecule has 168 valence electrons. The van der Waals surface area contributed by atoms with Crippen LogP contribution in [0.3, 0.4) is 0 Å². The number of methoxy groups -OCH3 is 4. The molecule has 3 rings (SSSR count). The van der Waals surface area contributed by atoms with Crippen molar-refractivity contribution >= 4 is 23.5 Å². The molecule has 0 amide bonds. The second-order valence-corrected chi connectivity index (χ2v) is 7.38. The van der Waals surface area contributed by atoms with E-state index < -0.39 is 17.9 Å². The normalized spacial score (nSPS) is 13.7. The first kappa shape index (κ1) is 23.2. The van der Waals surface area contributed by atoms with E-state index in [9.17, 15) is 9.59 Å². The van der Waals surface area contributed by atoms with E-state index in [-0.39, 0.29) is 11.1 Å². The van der Waals surface area contributed by atoms with E-state index in [4.69, 9.17) is 30.5 Å². The van der Waals surface area contributed by atoms with Gasteiger partial charge in [-0.25, -0.2) is 9.59 Å². The van der Waals surface area contributed by atoms with Crippen LogP contribution in [0, 0.1) is 0 Å². The van der Waals surface area contributed by atoms with Gasteiger partial charge >= 0.3 is 11.9 Å². The summed E-state index contributed by atoms with van der Waals surface area (Å²) >= 11 is 6.41. The Hall–Kier alpha value is -3.45. The molecule has 2 aromatic carbocycles. The number of hydrogen-bond acceptors (Lipinski definition) is 7. The molecular weight excluding hydrogens is 434 g/mol. The molecule has 0 aliphatic carbocycles. The minimum absolute atomic E-state index is 0.268. The third-order valence-electron chi connectivity index (χ3n) is 5.10. The van der Waals surface area contributed by atoms with E-state index in [0.29, 0.717) is 28.6 Å². The van der Waals surface area contributed by atoms with Crippen molar-refractivity contribution in [3.05, 3.63) is 82.2 Å². The van der Waals surface area contributed by atoms with E-state index in [1.54, 1.807) is 61.9 Å². The SMILES string of the molecule is COC(=O)C1=CN(Cc2ccc(OC)c(OC)c2)C=C(C(=O)OC)C1c1ccccc1Cl. The maximum Gasteiger partial charge on any atom is 0.336 e. The van der Waals surface area contributed by atoms with Crippen LogP contribution in [0.2, 0.25) is 5.02 Å². The molecule has 0 radical (unpaired) electrons. The largest absolute Gasteiger partial charge is 0.493 e. The summed E-state index contributed by atoms with van der Waals surface area (Å²) in [5, 5.41) is 0.426. The van der Waals surface area contributed by atoms with Gasteiger partial charge in [-0.1, -0.05) is 35.9 Å². The van der Waals surface area contributed by atoms with Crippen molar-refractivity contribution in [1.29, 1.82) is 0 Å². The molecule has 0 N–H and O–H groups in total. The fourth-order valence-corrected chi connectivity index (χ4v) is 3.86. The molecule has 1 heterocycles. The number of halogens is 1. The summed E-state index contributed by atoms with van der Waals surface area (Å²) in [6.45, 7) is 0.358. The van der Waals surface area contributed by atoms with Crippen molar-refractivity contribution in [2.24, 2.45) is 0 Å². The number of esters is 2. The van der Waals surface area contributed by atoms with Crippen molar-refractivity contribution in [3.8, 4) is 11.5 Å². The maximum absolute atomic E-state index is 12.7. The predicted octanol–water partition coefficient (Wildman–Crippen LogP) is 4.07. The number of carbonyl (C=O) groups is 2. The van der Waals surface area contributed by atoms with Gasteiger partial charge in [-0.3, -0.25) is 0 Å². The van der Waals surface area contributed by atoms with Gasteiger partial charge in [0, 0.05) is 24.0 Å². The molecule has 2 aromatic rings. The van der Waals surface area contributed by atoms with Crippen LogP contribution in [-0.4, -0.2) is 45.3 Å². The van der Waals surface area contributed by atoms with Gasteiger partial charge in [-0.2, -0.15) is 0 Å². The highest BCUT2D eigenvalue weighted by Crippen LogP contribution is 2.40. The van der Waals surface area contributed by atoms with Crippen LogP contribution < -0.4 is 9.47 Å². The molecule has 0 bridgehead atoms. The number of benzene rings is 2. The van der Waals surface area contributed by atoms with E-state index in [1.807, 2.05) is 12.1 Å². The van der Waals surface area contributed by atoms with E-state index in [0.717, 1.165) is 5.56 Å². The molecule has 0 saturated heterocycles. The lowest BCUT2D eigenvalue weighted by Gasteiger charge is -2.30. The Labute approximate surface area is 191 Å². The molecule has 0 atom stereocenters. The van der Waals surface area contributed by atoms with Crippen LogP contribution >= 0.6 is 11.6 Å². The van der Waals surface area contributed by atoms with Crippen molar-refractivity contribution in [1.82, 2.24) is 4.90 Å². The zero-order valence-corrected chi connectivity index (χ0v) is 19.0. The Balaban J connectivity index is 2.07. The Kier molecular flexibility index (Phi) is 7.43. The van der Waals surface area contributed by atoms with E-state index in [1.165, 1.54) is 14.2 Å². The second-order valence-electron chi connectivity index (χ2n) is 6.97. The molecular formula is C24H24ClNO6. The summed E-state index contributed by atoms with van der Waals surface area (Å²) in [5.74, 6) is -0.690. The second kappa shape index (κ2) is 10.2. The highest BCUT2D eigenvalue weighted by molar-refractivity contribution is 6.31. The number of carbonyl (C=O) groups excluding carboxylic acids is 2. The van der Waals surface area contributed by atoms with Gasteiger partial charge < -0.3 is 23.8 Å². The molecule has 0 spiro atoms. The molecule has 0 fully saturated rings. The van der Waals surface area contributed by atoms with Gasteiger partial charge in [0.05, 0.1) is 45.5 Å². The van der Waals surface area contributed by atoms with Crippen molar-refractivity contribution in [3.63, 3.8) is 0 Å². The Bertz CT molecular complexity index is 1040. The molecule has 7 nitrogen and oxygen atoms in total. The van der Waals surface area contributed by atoms with Crippen LogP contribution in [0.15, 0.2) is 66.0 Å². The summed E-state index contributed by atoms with van der Waals surface area (Å²) in [7, 11) is 5.71. The fourth-order valence-electron chi connectivity index (χ4n) is 3.61. The lowest BCUT2D eigenvalue weighted by molar-refractivity contribution is -0.137. The highest BCUT2D eigenvalue weighted by atomic mass is 35.5. The molecule has 0 unspecified atom stereocenters. The summed E-state index contributed by atoms with van der Waals surface area (Å²) in [4.78, 5) is 27.2. The first-order valence-corrected chi connectivity index (χ1v) is 10.1.